The number of hydrogen-bond acceptors (Lipinski definition) is 3. The highest BCUT2D eigenvalue weighted by molar-refractivity contribution is 9.10. The smallest absolute Gasteiger partial charge is 0.410 e. The largest absolute Gasteiger partial charge is 0.444 e. The van der Waals surface area contributed by atoms with Crippen LogP contribution in [0.2, 0.25) is 0 Å². The number of rotatable bonds is 2. The molecule has 4 nitrogen and oxygen atoms in total. The third kappa shape index (κ3) is 5.17. The van der Waals surface area contributed by atoms with E-state index in [1.54, 1.807) is 13.2 Å². The Morgan fingerprint density at radius 1 is 1.53 bits per heavy atom. The summed E-state index contributed by atoms with van der Waals surface area (Å²) in [6.45, 7) is 5.95. The van der Waals surface area contributed by atoms with Crippen molar-refractivity contribution in [2.24, 2.45) is 0 Å². The molecule has 0 atom stereocenters. The summed E-state index contributed by atoms with van der Waals surface area (Å²) in [5.74, 6) is 0. The molecule has 0 N–H and O–H groups in total. The maximum Gasteiger partial charge on any atom is 0.410 e. The summed E-state index contributed by atoms with van der Waals surface area (Å²) in [5.41, 5.74) is 0.337. The first-order valence-corrected chi connectivity index (χ1v) is 6.12. The molecule has 1 heterocycles. The standard InChI is InChI=1S/C12H17BrN2O2/c1-12(2,3)17-11(16)15(4)8-10-7-9(13)5-6-14-10/h5-7H,8H2,1-4H3. The van der Waals surface area contributed by atoms with Gasteiger partial charge in [0.15, 0.2) is 0 Å². The van der Waals surface area contributed by atoms with Crippen molar-refractivity contribution in [3.63, 3.8) is 0 Å². The van der Waals surface area contributed by atoms with Crippen LogP contribution in [0.1, 0.15) is 26.5 Å². The summed E-state index contributed by atoms with van der Waals surface area (Å²) in [6, 6.07) is 3.72. The Morgan fingerprint density at radius 3 is 2.71 bits per heavy atom. The Morgan fingerprint density at radius 2 is 2.18 bits per heavy atom. The van der Waals surface area contributed by atoms with Crippen LogP contribution in [-0.2, 0) is 11.3 Å². The minimum Gasteiger partial charge on any atom is -0.444 e. The fraction of sp³-hybridized carbons (Fsp3) is 0.500. The van der Waals surface area contributed by atoms with Crippen molar-refractivity contribution in [3.8, 4) is 0 Å². The van der Waals surface area contributed by atoms with Crippen LogP contribution in [0.25, 0.3) is 0 Å². The summed E-state index contributed by atoms with van der Waals surface area (Å²) in [7, 11) is 1.69. The molecule has 1 rings (SSSR count). The molecule has 5 heteroatoms. The predicted molar refractivity (Wildman–Crippen MR) is 69.6 cm³/mol. The van der Waals surface area contributed by atoms with Crippen LogP contribution in [0.3, 0.4) is 0 Å². The first-order valence-electron chi connectivity index (χ1n) is 5.32. The average Bonchev–Trinajstić information content (AvgIpc) is 2.14. The molecule has 17 heavy (non-hydrogen) atoms. The van der Waals surface area contributed by atoms with E-state index in [4.69, 9.17) is 4.74 Å². The first-order chi connectivity index (χ1) is 7.78. The van der Waals surface area contributed by atoms with Crippen molar-refractivity contribution in [2.45, 2.75) is 32.9 Å². The van der Waals surface area contributed by atoms with Gasteiger partial charge in [-0.15, -0.1) is 0 Å². The molecule has 0 aromatic carbocycles. The number of carbonyl (C=O) groups excluding carboxylic acids is 1. The van der Waals surface area contributed by atoms with Crippen LogP contribution in [0.15, 0.2) is 22.8 Å². The molecule has 0 fully saturated rings. The highest BCUT2D eigenvalue weighted by Gasteiger charge is 2.19. The second-order valence-electron chi connectivity index (χ2n) is 4.80. The molecule has 94 valence electrons. The number of pyridine rings is 1. The lowest BCUT2D eigenvalue weighted by atomic mass is 10.2. The monoisotopic (exact) mass is 300 g/mol. The van der Waals surface area contributed by atoms with E-state index in [9.17, 15) is 4.79 Å². The number of nitrogens with zero attached hydrogens (tertiary/aromatic N) is 2. The van der Waals surface area contributed by atoms with Gasteiger partial charge in [-0.3, -0.25) is 4.98 Å². The molecule has 1 aromatic rings. The van der Waals surface area contributed by atoms with E-state index in [0.717, 1.165) is 10.2 Å². The first kappa shape index (κ1) is 14.0. The molecule has 0 saturated carbocycles. The topological polar surface area (TPSA) is 42.4 Å². The summed E-state index contributed by atoms with van der Waals surface area (Å²) >= 11 is 3.36. The van der Waals surface area contributed by atoms with Gasteiger partial charge in [0.2, 0.25) is 0 Å². The molecule has 0 aliphatic carbocycles. The van der Waals surface area contributed by atoms with Crippen molar-refractivity contribution in [3.05, 3.63) is 28.5 Å². The van der Waals surface area contributed by atoms with E-state index in [1.807, 2.05) is 32.9 Å². The molecular weight excluding hydrogens is 284 g/mol. The van der Waals surface area contributed by atoms with Crippen molar-refractivity contribution < 1.29 is 9.53 Å². The zero-order valence-corrected chi connectivity index (χ0v) is 12.1. The molecule has 0 saturated heterocycles. The van der Waals surface area contributed by atoms with Gasteiger partial charge in [0.1, 0.15) is 5.60 Å². The minimum atomic E-state index is -0.476. The third-order valence-electron chi connectivity index (χ3n) is 1.88. The van der Waals surface area contributed by atoms with E-state index < -0.39 is 5.60 Å². The zero-order chi connectivity index (χ0) is 13.1. The molecular formula is C12H17BrN2O2. The van der Waals surface area contributed by atoms with Crippen molar-refractivity contribution >= 4 is 22.0 Å². The Kier molecular flexibility index (Phi) is 4.51. The van der Waals surface area contributed by atoms with Gasteiger partial charge in [0.25, 0.3) is 0 Å². The number of amides is 1. The van der Waals surface area contributed by atoms with E-state index in [-0.39, 0.29) is 6.09 Å². The van der Waals surface area contributed by atoms with Crippen LogP contribution in [-0.4, -0.2) is 28.6 Å². The Labute approximate surface area is 110 Å². The van der Waals surface area contributed by atoms with E-state index >= 15 is 0 Å². The van der Waals surface area contributed by atoms with Crippen LogP contribution in [0.5, 0.6) is 0 Å². The molecule has 0 spiro atoms. The van der Waals surface area contributed by atoms with Crippen molar-refractivity contribution in [1.82, 2.24) is 9.88 Å². The van der Waals surface area contributed by atoms with Gasteiger partial charge in [-0.1, -0.05) is 15.9 Å². The molecule has 0 radical (unpaired) electrons. The second kappa shape index (κ2) is 5.49. The quantitative estimate of drug-likeness (QED) is 0.842. The molecule has 1 amide bonds. The SMILES string of the molecule is CN(Cc1cc(Br)ccn1)C(=O)OC(C)(C)C. The summed E-state index contributed by atoms with van der Waals surface area (Å²) < 4.78 is 6.19. The number of hydrogen-bond donors (Lipinski definition) is 0. The summed E-state index contributed by atoms with van der Waals surface area (Å²) in [5, 5.41) is 0. The lowest BCUT2D eigenvalue weighted by Crippen LogP contribution is -2.34. The van der Waals surface area contributed by atoms with Gasteiger partial charge >= 0.3 is 6.09 Å². The Hall–Kier alpha value is -1.10. The zero-order valence-electron chi connectivity index (χ0n) is 10.5. The summed E-state index contributed by atoms with van der Waals surface area (Å²) in [4.78, 5) is 17.4. The van der Waals surface area contributed by atoms with Crippen LogP contribution < -0.4 is 0 Å². The lowest BCUT2D eigenvalue weighted by molar-refractivity contribution is 0.0283. The van der Waals surface area contributed by atoms with Gasteiger partial charge in [-0.05, 0) is 32.9 Å². The number of aromatic nitrogens is 1. The van der Waals surface area contributed by atoms with Crippen LogP contribution >= 0.6 is 15.9 Å². The highest BCUT2D eigenvalue weighted by Crippen LogP contribution is 2.13. The third-order valence-corrected chi connectivity index (χ3v) is 2.38. The van der Waals surface area contributed by atoms with Crippen LogP contribution in [0, 0.1) is 0 Å². The number of ether oxygens (including phenoxy) is 1. The lowest BCUT2D eigenvalue weighted by Gasteiger charge is -2.24. The predicted octanol–water partition coefficient (Wildman–Crippen LogP) is 3.21. The number of carbonyl (C=O) groups is 1. The Balaban J connectivity index is 2.60. The van der Waals surface area contributed by atoms with Gasteiger partial charge in [-0.25, -0.2) is 4.79 Å². The second-order valence-corrected chi connectivity index (χ2v) is 5.72. The minimum absolute atomic E-state index is 0.348. The maximum absolute atomic E-state index is 11.7. The van der Waals surface area contributed by atoms with Crippen molar-refractivity contribution in [1.29, 1.82) is 0 Å². The molecule has 0 aliphatic heterocycles. The van der Waals surface area contributed by atoms with Gasteiger partial charge in [-0.2, -0.15) is 0 Å². The average molecular weight is 301 g/mol. The van der Waals surface area contributed by atoms with E-state index in [1.165, 1.54) is 4.90 Å². The molecule has 0 bridgehead atoms. The number of halogens is 1. The van der Waals surface area contributed by atoms with Gasteiger partial charge < -0.3 is 9.64 Å². The summed E-state index contributed by atoms with van der Waals surface area (Å²) in [6.07, 6.45) is 1.35. The van der Waals surface area contributed by atoms with Gasteiger partial charge in [0, 0.05) is 17.7 Å². The Bertz CT molecular complexity index is 402. The van der Waals surface area contributed by atoms with Crippen LogP contribution in [0.4, 0.5) is 4.79 Å². The fourth-order valence-electron chi connectivity index (χ4n) is 1.18. The maximum atomic E-state index is 11.7. The van der Waals surface area contributed by atoms with Crippen molar-refractivity contribution in [2.75, 3.05) is 7.05 Å². The molecule has 1 aromatic heterocycles. The van der Waals surface area contributed by atoms with E-state index in [0.29, 0.717) is 6.54 Å². The normalized spacial score (nSPS) is 11.1. The van der Waals surface area contributed by atoms with E-state index in [2.05, 4.69) is 20.9 Å². The van der Waals surface area contributed by atoms with Gasteiger partial charge in [0.05, 0.1) is 12.2 Å². The molecule has 0 aliphatic rings. The highest BCUT2D eigenvalue weighted by atomic mass is 79.9. The fourth-order valence-corrected chi connectivity index (χ4v) is 1.57. The molecule has 0 unspecified atom stereocenters.